The summed E-state index contributed by atoms with van der Waals surface area (Å²) in [6.45, 7) is 3.48. The highest BCUT2D eigenvalue weighted by Gasteiger charge is 2.29. The summed E-state index contributed by atoms with van der Waals surface area (Å²) >= 11 is 5.71. The first-order valence-electron chi connectivity index (χ1n) is 7.83. The summed E-state index contributed by atoms with van der Waals surface area (Å²) in [5.41, 5.74) is 0.789. The van der Waals surface area contributed by atoms with E-state index < -0.39 is 11.9 Å². The number of carbonyl (C=O) groups excluding carboxylic acids is 1. The van der Waals surface area contributed by atoms with Gasteiger partial charge in [-0.05, 0) is 31.7 Å². The molecule has 2 saturated heterocycles. The Morgan fingerprint density at radius 1 is 1.39 bits per heavy atom. The molecule has 3 rings (SSSR count). The first-order valence-corrected chi connectivity index (χ1v) is 8.21. The third-order valence-electron chi connectivity index (χ3n) is 4.36. The minimum atomic E-state index is -0.421. The van der Waals surface area contributed by atoms with E-state index in [9.17, 15) is 9.18 Å². The van der Waals surface area contributed by atoms with Gasteiger partial charge < -0.3 is 19.9 Å². The van der Waals surface area contributed by atoms with Gasteiger partial charge in [-0.1, -0.05) is 11.6 Å². The van der Waals surface area contributed by atoms with E-state index in [1.165, 1.54) is 6.07 Å². The van der Waals surface area contributed by atoms with Gasteiger partial charge in [0.25, 0.3) is 5.91 Å². The highest BCUT2D eigenvalue weighted by molar-refractivity contribution is 6.30. The molecule has 0 aromatic heterocycles. The van der Waals surface area contributed by atoms with Crippen LogP contribution in [0.5, 0.6) is 0 Å². The van der Waals surface area contributed by atoms with Crippen molar-refractivity contribution in [3.63, 3.8) is 0 Å². The first kappa shape index (κ1) is 16.5. The second kappa shape index (κ2) is 7.03. The van der Waals surface area contributed by atoms with Gasteiger partial charge in [-0.2, -0.15) is 0 Å². The van der Waals surface area contributed by atoms with Crippen molar-refractivity contribution in [1.29, 1.82) is 0 Å². The van der Waals surface area contributed by atoms with E-state index in [2.05, 4.69) is 15.1 Å². The maximum absolute atomic E-state index is 13.6. The van der Waals surface area contributed by atoms with Crippen LogP contribution in [0.4, 0.5) is 10.1 Å². The van der Waals surface area contributed by atoms with Gasteiger partial charge >= 0.3 is 0 Å². The minimum absolute atomic E-state index is 0.0528. The maximum Gasteiger partial charge on any atom is 0.250 e. The average molecular weight is 342 g/mol. The van der Waals surface area contributed by atoms with E-state index in [4.69, 9.17) is 16.3 Å². The third-order valence-corrected chi connectivity index (χ3v) is 4.67. The molecule has 0 spiro atoms. The molecule has 23 heavy (non-hydrogen) atoms. The number of benzene rings is 1. The molecule has 1 N–H and O–H groups in total. The summed E-state index contributed by atoms with van der Waals surface area (Å²) in [5, 5.41) is 3.16. The van der Waals surface area contributed by atoms with Gasteiger partial charge in [0, 0.05) is 37.9 Å². The Hall–Kier alpha value is -1.37. The molecule has 2 aliphatic heterocycles. The van der Waals surface area contributed by atoms with Crippen LogP contribution in [0.3, 0.4) is 0 Å². The number of amides is 1. The van der Waals surface area contributed by atoms with Crippen molar-refractivity contribution < 1.29 is 13.9 Å². The van der Waals surface area contributed by atoms with Gasteiger partial charge in [0.2, 0.25) is 0 Å². The van der Waals surface area contributed by atoms with Gasteiger partial charge in [-0.25, -0.2) is 4.39 Å². The number of carbonyl (C=O) groups is 1. The summed E-state index contributed by atoms with van der Waals surface area (Å²) in [6.07, 6.45) is 0.425. The molecular weight excluding hydrogens is 321 g/mol. The van der Waals surface area contributed by atoms with Crippen molar-refractivity contribution >= 4 is 23.2 Å². The molecule has 1 aromatic carbocycles. The van der Waals surface area contributed by atoms with Crippen molar-refractivity contribution in [2.24, 2.45) is 0 Å². The van der Waals surface area contributed by atoms with Crippen LogP contribution in [-0.4, -0.2) is 62.8 Å². The minimum Gasteiger partial charge on any atom is -0.369 e. The predicted molar refractivity (Wildman–Crippen MR) is 87.4 cm³/mol. The molecule has 7 heteroatoms. The summed E-state index contributed by atoms with van der Waals surface area (Å²) in [6, 6.07) is 4.85. The maximum atomic E-state index is 13.6. The molecule has 5 nitrogen and oxygen atoms in total. The predicted octanol–water partition coefficient (Wildman–Crippen LogP) is 1.50. The molecule has 0 saturated carbocycles. The number of hydrogen-bond acceptors (Lipinski definition) is 4. The molecule has 126 valence electrons. The second-order valence-corrected chi connectivity index (χ2v) is 6.57. The molecule has 0 aliphatic carbocycles. The fraction of sp³-hybridized carbons (Fsp3) is 0.562. The largest absolute Gasteiger partial charge is 0.369 e. The Kier molecular flexibility index (Phi) is 5.04. The molecule has 0 bridgehead atoms. The Morgan fingerprint density at radius 3 is 2.96 bits per heavy atom. The molecule has 1 amide bonds. The highest BCUT2D eigenvalue weighted by Crippen LogP contribution is 2.25. The summed E-state index contributed by atoms with van der Waals surface area (Å²) in [5.74, 6) is -0.485. The van der Waals surface area contributed by atoms with E-state index in [1.54, 1.807) is 12.1 Å². The van der Waals surface area contributed by atoms with Crippen LogP contribution in [0, 0.1) is 5.82 Å². The van der Waals surface area contributed by atoms with E-state index in [1.807, 2.05) is 7.05 Å². The van der Waals surface area contributed by atoms with Gasteiger partial charge in [-0.3, -0.25) is 4.79 Å². The number of anilines is 1. The van der Waals surface area contributed by atoms with Gasteiger partial charge in [0.15, 0.2) is 0 Å². The van der Waals surface area contributed by atoms with Crippen molar-refractivity contribution in [1.82, 2.24) is 10.2 Å². The molecular formula is C16H21ClFN3O2. The Balaban J connectivity index is 1.55. The quantitative estimate of drug-likeness (QED) is 0.905. The summed E-state index contributed by atoms with van der Waals surface area (Å²) < 4.78 is 19.1. The highest BCUT2D eigenvalue weighted by atomic mass is 35.5. The van der Waals surface area contributed by atoms with E-state index in [0.717, 1.165) is 25.2 Å². The van der Waals surface area contributed by atoms with Crippen LogP contribution in [-0.2, 0) is 9.53 Å². The lowest BCUT2D eigenvalue weighted by Crippen LogP contribution is -2.51. The standard InChI is InChI=1S/C16H21ClFN3O2/c1-20-6-7-23-15(10-20)16(22)19-11-4-5-21(9-11)12-2-3-13(17)14(18)8-12/h2-3,8,11,15H,4-7,9-10H2,1H3,(H,19,22)/t11-,15+/m0/s1. The van der Waals surface area contributed by atoms with Crippen LogP contribution < -0.4 is 10.2 Å². The van der Waals surface area contributed by atoms with E-state index >= 15 is 0 Å². The lowest BCUT2D eigenvalue weighted by Gasteiger charge is -2.30. The Bertz CT molecular complexity index is 586. The van der Waals surface area contributed by atoms with E-state index in [-0.39, 0.29) is 17.0 Å². The number of morpholine rings is 1. The number of halogens is 2. The van der Waals surface area contributed by atoms with Crippen LogP contribution in [0.15, 0.2) is 18.2 Å². The van der Waals surface area contributed by atoms with Gasteiger partial charge in [0.1, 0.15) is 11.9 Å². The van der Waals surface area contributed by atoms with Crippen LogP contribution in [0.25, 0.3) is 0 Å². The normalized spacial score (nSPS) is 25.6. The number of likely N-dealkylation sites (N-methyl/N-ethyl adjacent to an activating group) is 1. The Morgan fingerprint density at radius 2 is 2.22 bits per heavy atom. The molecule has 2 atom stereocenters. The number of ether oxygens (including phenoxy) is 1. The molecule has 1 aromatic rings. The van der Waals surface area contributed by atoms with Gasteiger partial charge in [-0.15, -0.1) is 0 Å². The summed E-state index contributed by atoms with van der Waals surface area (Å²) in [4.78, 5) is 16.4. The van der Waals surface area contributed by atoms with Crippen LogP contribution in [0.2, 0.25) is 5.02 Å². The first-order chi connectivity index (χ1) is 11.0. The smallest absolute Gasteiger partial charge is 0.250 e. The molecule has 2 fully saturated rings. The number of nitrogens with one attached hydrogen (secondary N) is 1. The lowest BCUT2D eigenvalue weighted by molar-refractivity contribution is -0.138. The van der Waals surface area contributed by atoms with Gasteiger partial charge in [0.05, 0.1) is 11.6 Å². The topological polar surface area (TPSA) is 44.8 Å². The van der Waals surface area contributed by atoms with Crippen LogP contribution >= 0.6 is 11.6 Å². The van der Waals surface area contributed by atoms with Crippen molar-refractivity contribution in [3.05, 3.63) is 29.0 Å². The second-order valence-electron chi connectivity index (χ2n) is 6.16. The zero-order valence-corrected chi connectivity index (χ0v) is 13.9. The summed E-state index contributed by atoms with van der Waals surface area (Å²) in [7, 11) is 1.98. The Labute approximate surface area is 140 Å². The number of nitrogens with zero attached hydrogens (tertiary/aromatic N) is 2. The zero-order valence-electron chi connectivity index (χ0n) is 13.1. The van der Waals surface area contributed by atoms with Crippen molar-refractivity contribution in [2.75, 3.05) is 44.7 Å². The fourth-order valence-corrected chi connectivity index (χ4v) is 3.14. The fourth-order valence-electron chi connectivity index (χ4n) is 3.02. The monoisotopic (exact) mass is 341 g/mol. The van der Waals surface area contributed by atoms with Crippen molar-refractivity contribution in [2.45, 2.75) is 18.6 Å². The molecule has 2 heterocycles. The van der Waals surface area contributed by atoms with Crippen LogP contribution in [0.1, 0.15) is 6.42 Å². The molecule has 2 aliphatic rings. The zero-order chi connectivity index (χ0) is 16.4. The lowest BCUT2D eigenvalue weighted by atomic mass is 10.2. The molecule has 0 radical (unpaired) electrons. The average Bonchev–Trinajstić information content (AvgIpc) is 2.98. The third kappa shape index (κ3) is 3.94. The number of rotatable bonds is 3. The van der Waals surface area contributed by atoms with Crippen molar-refractivity contribution in [3.8, 4) is 0 Å². The SMILES string of the molecule is CN1CCO[C@@H](C(=O)N[C@H]2CCN(c3ccc(Cl)c(F)c3)C2)C1. The van der Waals surface area contributed by atoms with E-state index in [0.29, 0.717) is 19.7 Å². The number of hydrogen-bond donors (Lipinski definition) is 1. The molecule has 0 unspecified atom stereocenters.